The van der Waals surface area contributed by atoms with E-state index in [0.29, 0.717) is 5.69 Å². The van der Waals surface area contributed by atoms with Gasteiger partial charge >= 0.3 is 0 Å². The number of rotatable bonds is 0. The highest BCUT2D eigenvalue weighted by Crippen LogP contribution is 2.40. The van der Waals surface area contributed by atoms with Crippen molar-refractivity contribution in [2.24, 2.45) is 0 Å². The summed E-state index contributed by atoms with van der Waals surface area (Å²) in [6.07, 6.45) is 1.93. The minimum atomic E-state index is -1.52. The number of halogens is 3. The largest absolute Gasteiger partial charge is 0.313 e. The Morgan fingerprint density at radius 3 is 2.41 bits per heavy atom. The highest BCUT2D eigenvalue weighted by atomic mass is 35.6. The number of aromatic nitrogens is 2. The number of fused-ring (bicyclic) bond motifs is 3. The van der Waals surface area contributed by atoms with Crippen molar-refractivity contribution < 1.29 is 0 Å². The molecule has 0 saturated heterocycles. The molecular formula is C12H7Cl3N2. The molecule has 2 aromatic heterocycles. The Balaban J connectivity index is 2.53. The number of hydrogen-bond acceptors (Lipinski definition) is 1. The van der Waals surface area contributed by atoms with Crippen LogP contribution in [0.1, 0.15) is 5.69 Å². The molecule has 5 heteroatoms. The van der Waals surface area contributed by atoms with Crippen molar-refractivity contribution in [1.82, 2.24) is 9.38 Å². The molecule has 3 aromatic rings. The molecule has 2 nitrogen and oxygen atoms in total. The molecule has 86 valence electrons. The summed E-state index contributed by atoms with van der Waals surface area (Å²) in [7, 11) is 0. The number of nitrogens with zero attached hydrogens (tertiary/aromatic N) is 2. The first-order valence-electron chi connectivity index (χ1n) is 5.00. The van der Waals surface area contributed by atoms with Gasteiger partial charge in [-0.3, -0.25) is 0 Å². The highest BCUT2D eigenvalue weighted by molar-refractivity contribution is 6.67. The van der Waals surface area contributed by atoms with E-state index in [0.717, 1.165) is 16.6 Å². The molecule has 1 aromatic carbocycles. The summed E-state index contributed by atoms with van der Waals surface area (Å²) < 4.78 is 0.448. The van der Waals surface area contributed by atoms with Crippen molar-refractivity contribution in [2.75, 3.05) is 0 Å². The zero-order chi connectivity index (χ0) is 12.0. The molecule has 0 fully saturated rings. The molecule has 0 N–H and O–H groups in total. The van der Waals surface area contributed by atoms with Gasteiger partial charge in [-0.15, -0.1) is 0 Å². The Bertz CT molecular complexity index is 698. The lowest BCUT2D eigenvalue weighted by atomic mass is 10.2. The Morgan fingerprint density at radius 2 is 1.65 bits per heavy atom. The molecule has 3 rings (SSSR count). The van der Waals surface area contributed by atoms with E-state index in [2.05, 4.69) is 4.98 Å². The molecule has 0 spiro atoms. The lowest BCUT2D eigenvalue weighted by Crippen LogP contribution is -2.07. The van der Waals surface area contributed by atoms with Crippen LogP contribution in [0.2, 0.25) is 0 Å². The zero-order valence-corrected chi connectivity index (χ0v) is 10.8. The lowest BCUT2D eigenvalue weighted by molar-refractivity contribution is 1.09. The van der Waals surface area contributed by atoms with Crippen LogP contribution in [-0.4, -0.2) is 9.38 Å². The second-order valence-electron chi connectivity index (χ2n) is 3.71. The Kier molecular flexibility index (Phi) is 2.47. The molecule has 2 heterocycles. The third kappa shape index (κ3) is 1.77. The van der Waals surface area contributed by atoms with Crippen LogP contribution in [-0.2, 0) is 3.79 Å². The smallest absolute Gasteiger partial charge is 0.234 e. The molecule has 0 saturated carbocycles. The van der Waals surface area contributed by atoms with Crippen LogP contribution < -0.4 is 0 Å². The molecule has 0 aliphatic carbocycles. The lowest BCUT2D eigenvalue weighted by Gasteiger charge is -2.14. The van der Waals surface area contributed by atoms with Gasteiger partial charge in [0.15, 0.2) is 0 Å². The minimum Gasteiger partial charge on any atom is -0.313 e. The number of alkyl halides is 3. The van der Waals surface area contributed by atoms with Gasteiger partial charge < -0.3 is 4.40 Å². The van der Waals surface area contributed by atoms with Gasteiger partial charge in [0.05, 0.1) is 16.6 Å². The Hall–Kier alpha value is -0.960. The molecule has 0 atom stereocenters. The van der Waals surface area contributed by atoms with Gasteiger partial charge in [0.25, 0.3) is 0 Å². The van der Waals surface area contributed by atoms with E-state index in [1.807, 2.05) is 47.0 Å². The first-order valence-corrected chi connectivity index (χ1v) is 6.14. The predicted molar refractivity (Wildman–Crippen MR) is 71.9 cm³/mol. The van der Waals surface area contributed by atoms with Crippen molar-refractivity contribution in [3.8, 4) is 0 Å². The van der Waals surface area contributed by atoms with Gasteiger partial charge in [-0.2, -0.15) is 0 Å². The molecule has 0 amide bonds. The van der Waals surface area contributed by atoms with Crippen molar-refractivity contribution in [1.29, 1.82) is 0 Å². The number of hydrogen-bond donors (Lipinski definition) is 0. The van der Waals surface area contributed by atoms with Gasteiger partial charge in [0.1, 0.15) is 5.69 Å². The summed E-state index contributed by atoms with van der Waals surface area (Å²) in [6, 6.07) is 11.5. The van der Waals surface area contributed by atoms with Crippen LogP contribution >= 0.6 is 34.8 Å². The maximum absolute atomic E-state index is 5.95. The molecule has 0 bridgehead atoms. The molecule has 0 radical (unpaired) electrons. The topological polar surface area (TPSA) is 17.3 Å². The fourth-order valence-corrected chi connectivity index (χ4v) is 2.35. The van der Waals surface area contributed by atoms with Gasteiger partial charge in [0, 0.05) is 6.20 Å². The fraction of sp³-hybridized carbons (Fsp3) is 0.0833. The predicted octanol–water partition coefficient (Wildman–Crippen LogP) is 4.31. The van der Waals surface area contributed by atoms with E-state index >= 15 is 0 Å². The maximum atomic E-state index is 5.95. The SMILES string of the molecule is ClC(Cl)(Cl)c1nc2ccccc2n2cccc12. The quantitative estimate of drug-likeness (QED) is 0.562. The van der Waals surface area contributed by atoms with E-state index in [1.54, 1.807) is 0 Å². The third-order valence-corrected chi connectivity index (χ3v) is 3.17. The van der Waals surface area contributed by atoms with Crippen LogP contribution in [0.5, 0.6) is 0 Å². The van der Waals surface area contributed by atoms with Crippen LogP contribution in [0.4, 0.5) is 0 Å². The standard InChI is InChI=1S/C12H7Cl3N2/c13-12(14,15)11-10-6-3-7-17(10)9-5-2-1-4-8(9)16-11/h1-7H. The average Bonchev–Trinajstić information content (AvgIpc) is 2.75. The van der Waals surface area contributed by atoms with Crippen molar-refractivity contribution in [3.63, 3.8) is 0 Å². The summed E-state index contributed by atoms with van der Waals surface area (Å²) in [5.74, 6) is 0. The summed E-state index contributed by atoms with van der Waals surface area (Å²) in [5.41, 5.74) is 3.05. The normalized spacial score (nSPS) is 12.4. The second kappa shape index (κ2) is 3.77. The van der Waals surface area contributed by atoms with Crippen LogP contribution in [0.25, 0.3) is 16.6 Å². The van der Waals surface area contributed by atoms with E-state index in [-0.39, 0.29) is 0 Å². The summed E-state index contributed by atoms with van der Waals surface area (Å²) in [6.45, 7) is 0. The Morgan fingerprint density at radius 1 is 0.941 bits per heavy atom. The van der Waals surface area contributed by atoms with Crippen molar-refractivity contribution in [2.45, 2.75) is 3.79 Å². The van der Waals surface area contributed by atoms with E-state index in [9.17, 15) is 0 Å². The van der Waals surface area contributed by atoms with Gasteiger partial charge in [-0.25, -0.2) is 4.98 Å². The summed E-state index contributed by atoms with van der Waals surface area (Å²) >= 11 is 17.8. The van der Waals surface area contributed by atoms with E-state index < -0.39 is 3.79 Å². The zero-order valence-electron chi connectivity index (χ0n) is 8.57. The first kappa shape index (κ1) is 11.1. The van der Waals surface area contributed by atoms with Crippen LogP contribution in [0.15, 0.2) is 42.6 Å². The molecule has 0 unspecified atom stereocenters. The van der Waals surface area contributed by atoms with Crippen LogP contribution in [0.3, 0.4) is 0 Å². The van der Waals surface area contributed by atoms with Crippen molar-refractivity contribution in [3.05, 3.63) is 48.3 Å². The van der Waals surface area contributed by atoms with Crippen molar-refractivity contribution >= 4 is 51.4 Å². The first-order chi connectivity index (χ1) is 8.07. The van der Waals surface area contributed by atoms with Gasteiger partial charge in [-0.1, -0.05) is 46.9 Å². The number of para-hydroxylation sites is 2. The highest BCUT2D eigenvalue weighted by Gasteiger charge is 2.28. The minimum absolute atomic E-state index is 0.450. The molecule has 0 aliphatic heterocycles. The molecule has 17 heavy (non-hydrogen) atoms. The number of benzene rings is 1. The fourth-order valence-electron chi connectivity index (χ4n) is 1.93. The average molecular weight is 286 g/mol. The summed E-state index contributed by atoms with van der Waals surface area (Å²) in [5, 5.41) is 0. The van der Waals surface area contributed by atoms with E-state index in [1.165, 1.54) is 0 Å². The molecule has 0 aliphatic rings. The second-order valence-corrected chi connectivity index (χ2v) is 5.99. The Labute approximate surface area is 113 Å². The summed E-state index contributed by atoms with van der Waals surface area (Å²) in [4.78, 5) is 4.43. The van der Waals surface area contributed by atoms with Gasteiger partial charge in [-0.05, 0) is 24.3 Å². The maximum Gasteiger partial charge on any atom is 0.234 e. The van der Waals surface area contributed by atoms with Gasteiger partial charge in [0.2, 0.25) is 3.79 Å². The molecular weight excluding hydrogens is 279 g/mol. The third-order valence-electron chi connectivity index (χ3n) is 2.63. The van der Waals surface area contributed by atoms with E-state index in [4.69, 9.17) is 34.8 Å². The monoisotopic (exact) mass is 284 g/mol. The van der Waals surface area contributed by atoms with Crippen LogP contribution in [0, 0.1) is 0 Å².